The molecular formula is C33H32N2O3. The van der Waals surface area contributed by atoms with Crippen molar-refractivity contribution in [2.45, 2.75) is 44.2 Å². The van der Waals surface area contributed by atoms with Crippen LogP contribution in [0.1, 0.15) is 54.9 Å². The quantitative estimate of drug-likeness (QED) is 0.277. The van der Waals surface area contributed by atoms with Crippen molar-refractivity contribution in [3.8, 4) is 11.5 Å². The molecule has 3 fully saturated rings. The van der Waals surface area contributed by atoms with Crippen molar-refractivity contribution in [2.24, 2.45) is 11.8 Å². The molecule has 192 valence electrons. The Kier molecular flexibility index (Phi) is 5.89. The molecule has 4 aliphatic heterocycles. The minimum Gasteiger partial charge on any atom is -0.457 e. The van der Waals surface area contributed by atoms with Gasteiger partial charge in [0.1, 0.15) is 23.5 Å². The molecule has 4 aromatic rings. The average molecular weight is 505 g/mol. The molecule has 5 heteroatoms. The summed E-state index contributed by atoms with van der Waals surface area (Å²) in [6.07, 6.45) is 4.95. The summed E-state index contributed by atoms with van der Waals surface area (Å²) in [4.78, 5) is 21.5. The lowest BCUT2D eigenvalue weighted by molar-refractivity contribution is -0.159. The molecule has 0 spiro atoms. The van der Waals surface area contributed by atoms with Gasteiger partial charge in [-0.15, -0.1) is 0 Å². The number of para-hydroxylation sites is 3. The molecule has 1 aromatic heterocycles. The Balaban J connectivity index is 1.31. The summed E-state index contributed by atoms with van der Waals surface area (Å²) in [6, 6.07) is 26.0. The van der Waals surface area contributed by atoms with E-state index in [0.717, 1.165) is 53.0 Å². The van der Waals surface area contributed by atoms with Crippen LogP contribution in [0.3, 0.4) is 0 Å². The molecule has 3 aromatic carbocycles. The summed E-state index contributed by atoms with van der Waals surface area (Å²) in [7, 11) is 0. The Morgan fingerprint density at radius 3 is 2.42 bits per heavy atom. The van der Waals surface area contributed by atoms with E-state index in [1.807, 2.05) is 79.0 Å². The van der Waals surface area contributed by atoms with E-state index < -0.39 is 5.92 Å². The van der Waals surface area contributed by atoms with Crippen LogP contribution in [0.4, 0.5) is 0 Å². The van der Waals surface area contributed by atoms with Crippen molar-refractivity contribution in [2.75, 3.05) is 13.1 Å². The number of esters is 1. The summed E-state index contributed by atoms with van der Waals surface area (Å²) < 4.78 is 12.9. The van der Waals surface area contributed by atoms with Crippen LogP contribution >= 0.6 is 0 Å². The molecule has 0 radical (unpaired) electrons. The van der Waals surface area contributed by atoms with E-state index in [1.54, 1.807) is 0 Å². The monoisotopic (exact) mass is 504 g/mol. The van der Waals surface area contributed by atoms with Crippen molar-refractivity contribution in [3.05, 3.63) is 102 Å². The topological polar surface area (TPSA) is 51.7 Å². The number of fused-ring (bicyclic) bond motifs is 6. The lowest BCUT2D eigenvalue weighted by Crippen LogP contribution is -2.55. The second-order valence-electron chi connectivity index (χ2n) is 10.9. The molecule has 0 saturated carbocycles. The number of carbonyl (C=O) groups excluding carboxylic acids is 1. The number of rotatable bonds is 5. The molecule has 5 heterocycles. The molecular weight excluding hydrogens is 472 g/mol. The lowest BCUT2D eigenvalue weighted by Gasteiger charge is -2.52. The number of hydrogen-bond donors (Lipinski definition) is 0. The van der Waals surface area contributed by atoms with E-state index in [9.17, 15) is 4.79 Å². The van der Waals surface area contributed by atoms with Crippen molar-refractivity contribution >= 4 is 16.9 Å². The van der Waals surface area contributed by atoms with Crippen LogP contribution in [-0.4, -0.2) is 35.0 Å². The number of hydrogen-bond acceptors (Lipinski definition) is 5. The maximum Gasteiger partial charge on any atom is 0.318 e. The fourth-order valence-corrected chi connectivity index (χ4v) is 7.03. The third kappa shape index (κ3) is 3.88. The van der Waals surface area contributed by atoms with E-state index in [2.05, 4.69) is 22.9 Å². The summed E-state index contributed by atoms with van der Waals surface area (Å²) in [5.41, 5.74) is 3.68. The molecule has 3 saturated heterocycles. The second-order valence-corrected chi connectivity index (χ2v) is 10.9. The van der Waals surface area contributed by atoms with Gasteiger partial charge in [0.15, 0.2) is 0 Å². The molecule has 38 heavy (non-hydrogen) atoms. The largest absolute Gasteiger partial charge is 0.457 e. The number of piperidine rings is 3. The first kappa shape index (κ1) is 23.4. The zero-order valence-electron chi connectivity index (χ0n) is 21.6. The molecule has 4 aliphatic rings. The van der Waals surface area contributed by atoms with Gasteiger partial charge < -0.3 is 9.47 Å². The van der Waals surface area contributed by atoms with E-state index in [4.69, 9.17) is 9.47 Å². The number of ether oxygens (including phenoxy) is 2. The first-order valence-corrected chi connectivity index (χ1v) is 13.8. The third-order valence-corrected chi connectivity index (χ3v) is 8.96. The first-order chi connectivity index (χ1) is 18.7. The zero-order valence-corrected chi connectivity index (χ0v) is 21.6. The van der Waals surface area contributed by atoms with Gasteiger partial charge in [0, 0.05) is 34.8 Å². The fourth-order valence-electron chi connectivity index (χ4n) is 7.03. The van der Waals surface area contributed by atoms with Gasteiger partial charge in [-0.2, -0.15) is 0 Å². The number of benzene rings is 3. The summed E-state index contributed by atoms with van der Waals surface area (Å²) in [5, 5.41) is 1.05. The number of carbonyl (C=O) groups is 1. The minimum atomic E-state index is -0.536. The van der Waals surface area contributed by atoms with Crippen LogP contribution in [0.15, 0.2) is 85.1 Å². The Labute approximate surface area is 223 Å². The van der Waals surface area contributed by atoms with Gasteiger partial charge in [-0.25, -0.2) is 0 Å². The Morgan fingerprint density at radius 1 is 1.00 bits per heavy atom. The molecule has 0 aliphatic carbocycles. The van der Waals surface area contributed by atoms with E-state index in [-0.39, 0.29) is 18.1 Å². The van der Waals surface area contributed by atoms with Gasteiger partial charge in [0.25, 0.3) is 0 Å². The van der Waals surface area contributed by atoms with Crippen LogP contribution in [-0.2, 0) is 9.53 Å². The first-order valence-electron chi connectivity index (χ1n) is 13.8. The second kappa shape index (κ2) is 9.55. The van der Waals surface area contributed by atoms with Gasteiger partial charge in [0.2, 0.25) is 0 Å². The summed E-state index contributed by atoms with van der Waals surface area (Å²) in [6.45, 7) is 4.44. The standard InChI is InChI=1S/C33H32N2O3/c1-2-21-20-35-18-16-22(21)19-28(35)32(24-15-17-34-27-12-6-3-9-23(24)27)38-33(36)31-25-10-4-7-13-29(25)37-30-14-8-5-11-26(30)31/h3-15,17,21-22,28,31-32H,2,16,18-20H2,1H3/t21-,22-,28-,32+/m0/s1. The van der Waals surface area contributed by atoms with Gasteiger partial charge >= 0.3 is 5.97 Å². The highest BCUT2D eigenvalue weighted by Crippen LogP contribution is 2.47. The zero-order chi connectivity index (χ0) is 25.6. The van der Waals surface area contributed by atoms with Crippen molar-refractivity contribution in [3.63, 3.8) is 0 Å². The maximum absolute atomic E-state index is 14.3. The number of pyridine rings is 1. The SMILES string of the molecule is CC[C@H]1CN2CC[C@H]1C[C@H]2[C@H](OC(=O)C1c2ccccc2Oc2ccccc21)c1ccnc2ccccc12. The van der Waals surface area contributed by atoms with E-state index in [1.165, 1.54) is 12.8 Å². The van der Waals surface area contributed by atoms with Crippen LogP contribution in [0.25, 0.3) is 10.9 Å². The van der Waals surface area contributed by atoms with Crippen LogP contribution in [0, 0.1) is 11.8 Å². The molecule has 1 unspecified atom stereocenters. The van der Waals surface area contributed by atoms with Crippen molar-refractivity contribution in [1.82, 2.24) is 9.88 Å². The molecule has 0 N–H and O–H groups in total. The Morgan fingerprint density at radius 2 is 1.71 bits per heavy atom. The summed E-state index contributed by atoms with van der Waals surface area (Å²) >= 11 is 0. The normalized spacial score (nSPS) is 24.8. The predicted octanol–water partition coefficient (Wildman–Crippen LogP) is 6.88. The van der Waals surface area contributed by atoms with Crippen molar-refractivity contribution in [1.29, 1.82) is 0 Å². The van der Waals surface area contributed by atoms with Gasteiger partial charge in [-0.05, 0) is 55.5 Å². The fraction of sp³-hybridized carbons (Fsp3) is 0.333. The number of aromatic nitrogens is 1. The van der Waals surface area contributed by atoms with Gasteiger partial charge in [-0.3, -0.25) is 14.7 Å². The Bertz CT molecular complexity index is 1450. The van der Waals surface area contributed by atoms with E-state index >= 15 is 0 Å². The maximum atomic E-state index is 14.3. The minimum absolute atomic E-state index is 0.150. The highest BCUT2D eigenvalue weighted by Gasteiger charge is 2.45. The molecule has 5 nitrogen and oxygen atoms in total. The molecule has 0 amide bonds. The predicted molar refractivity (Wildman–Crippen MR) is 147 cm³/mol. The molecule has 5 atom stereocenters. The van der Waals surface area contributed by atoms with Crippen molar-refractivity contribution < 1.29 is 14.3 Å². The number of nitrogens with zero attached hydrogens (tertiary/aromatic N) is 2. The highest BCUT2D eigenvalue weighted by atomic mass is 16.5. The summed E-state index contributed by atoms with van der Waals surface area (Å²) in [5.74, 6) is 2.06. The molecule has 8 rings (SSSR count). The third-order valence-electron chi connectivity index (χ3n) is 8.96. The average Bonchev–Trinajstić information content (AvgIpc) is 2.98. The van der Waals surface area contributed by atoms with Gasteiger partial charge in [0.05, 0.1) is 11.6 Å². The van der Waals surface area contributed by atoms with Gasteiger partial charge in [-0.1, -0.05) is 67.9 Å². The van der Waals surface area contributed by atoms with Crippen LogP contribution in [0.2, 0.25) is 0 Å². The van der Waals surface area contributed by atoms with Crippen LogP contribution < -0.4 is 4.74 Å². The highest BCUT2D eigenvalue weighted by molar-refractivity contribution is 5.87. The van der Waals surface area contributed by atoms with Crippen LogP contribution in [0.5, 0.6) is 11.5 Å². The Hall–Kier alpha value is -3.70. The lowest BCUT2D eigenvalue weighted by atomic mass is 9.72. The van der Waals surface area contributed by atoms with E-state index in [0.29, 0.717) is 17.4 Å². The molecule has 2 bridgehead atoms. The smallest absolute Gasteiger partial charge is 0.318 e.